The lowest BCUT2D eigenvalue weighted by molar-refractivity contribution is 0.365. The normalized spacial score (nSPS) is 18.6. The van der Waals surface area contributed by atoms with Gasteiger partial charge in [0.25, 0.3) is 0 Å². The van der Waals surface area contributed by atoms with Gasteiger partial charge < -0.3 is 9.84 Å². The fourth-order valence-electron chi connectivity index (χ4n) is 2.63. The molecule has 1 aromatic heterocycles. The van der Waals surface area contributed by atoms with E-state index in [2.05, 4.69) is 15.5 Å². The molecule has 1 fully saturated rings. The van der Waals surface area contributed by atoms with E-state index < -0.39 is 0 Å². The fraction of sp³-hybridized carbons (Fsp3) is 0.467. The molecule has 1 atom stereocenters. The summed E-state index contributed by atoms with van der Waals surface area (Å²) in [6.07, 6.45) is 3.09. The van der Waals surface area contributed by atoms with E-state index in [4.69, 9.17) is 4.52 Å². The van der Waals surface area contributed by atoms with Crippen LogP contribution >= 0.6 is 0 Å². The van der Waals surface area contributed by atoms with E-state index in [1.165, 1.54) is 18.6 Å². The zero-order valence-corrected chi connectivity index (χ0v) is 11.5. The van der Waals surface area contributed by atoms with Crippen LogP contribution in [0.3, 0.4) is 0 Å². The van der Waals surface area contributed by atoms with E-state index in [0.29, 0.717) is 17.6 Å². The molecule has 20 heavy (non-hydrogen) atoms. The Kier molecular flexibility index (Phi) is 3.78. The van der Waals surface area contributed by atoms with Gasteiger partial charge in [0, 0.05) is 12.0 Å². The third-order valence-corrected chi connectivity index (χ3v) is 3.83. The molecule has 1 unspecified atom stereocenters. The van der Waals surface area contributed by atoms with Crippen molar-refractivity contribution in [2.45, 2.75) is 26.2 Å². The van der Waals surface area contributed by atoms with Crippen molar-refractivity contribution >= 4 is 0 Å². The quantitative estimate of drug-likeness (QED) is 0.932. The highest BCUT2D eigenvalue weighted by Gasteiger charge is 2.17. The number of hydrogen-bond acceptors (Lipinski definition) is 4. The average Bonchev–Trinajstić information content (AvgIpc) is 3.07. The number of halogens is 1. The summed E-state index contributed by atoms with van der Waals surface area (Å²) in [7, 11) is 0. The van der Waals surface area contributed by atoms with Crippen molar-refractivity contribution in [2.75, 3.05) is 13.1 Å². The molecular weight excluding hydrogens is 257 g/mol. The average molecular weight is 275 g/mol. The second kappa shape index (κ2) is 5.71. The summed E-state index contributed by atoms with van der Waals surface area (Å²) in [4.78, 5) is 4.41. The van der Waals surface area contributed by atoms with Crippen molar-refractivity contribution in [3.05, 3.63) is 35.5 Å². The number of benzene rings is 1. The van der Waals surface area contributed by atoms with Gasteiger partial charge in [0.15, 0.2) is 0 Å². The van der Waals surface area contributed by atoms with Crippen LogP contribution in [-0.2, 0) is 6.42 Å². The lowest BCUT2D eigenvalue weighted by Crippen LogP contribution is -2.09. The number of aromatic nitrogens is 2. The van der Waals surface area contributed by atoms with Gasteiger partial charge in [-0.15, -0.1) is 0 Å². The Balaban J connectivity index is 1.69. The minimum atomic E-state index is -0.247. The van der Waals surface area contributed by atoms with Crippen LogP contribution in [0, 0.1) is 18.7 Å². The first-order valence-electron chi connectivity index (χ1n) is 7.02. The van der Waals surface area contributed by atoms with E-state index >= 15 is 0 Å². The van der Waals surface area contributed by atoms with Crippen molar-refractivity contribution < 1.29 is 8.91 Å². The first kappa shape index (κ1) is 13.2. The molecular formula is C15H18FN3O. The topological polar surface area (TPSA) is 51.0 Å². The van der Waals surface area contributed by atoms with Gasteiger partial charge in [0.1, 0.15) is 5.82 Å². The Morgan fingerprint density at radius 2 is 2.35 bits per heavy atom. The maximum atomic E-state index is 13.1. The Morgan fingerprint density at radius 3 is 3.10 bits per heavy atom. The summed E-state index contributed by atoms with van der Waals surface area (Å²) in [5.74, 6) is 1.67. The van der Waals surface area contributed by atoms with Crippen LogP contribution in [0.15, 0.2) is 22.7 Å². The molecule has 1 N–H and O–H groups in total. The highest BCUT2D eigenvalue weighted by atomic mass is 19.1. The van der Waals surface area contributed by atoms with Gasteiger partial charge in [-0.25, -0.2) is 4.39 Å². The molecule has 0 aliphatic carbocycles. The highest BCUT2D eigenvalue weighted by Crippen LogP contribution is 2.22. The molecule has 1 aliphatic rings. The lowest BCUT2D eigenvalue weighted by atomic mass is 10.0. The summed E-state index contributed by atoms with van der Waals surface area (Å²) in [5, 5.41) is 7.35. The van der Waals surface area contributed by atoms with Crippen molar-refractivity contribution in [3.63, 3.8) is 0 Å². The Morgan fingerprint density at radius 1 is 1.45 bits per heavy atom. The minimum Gasteiger partial charge on any atom is -0.339 e. The van der Waals surface area contributed by atoms with Crippen molar-refractivity contribution in [1.82, 2.24) is 15.5 Å². The van der Waals surface area contributed by atoms with Crippen molar-refractivity contribution in [2.24, 2.45) is 5.92 Å². The van der Waals surface area contributed by atoms with Crippen LogP contribution in [0.4, 0.5) is 4.39 Å². The van der Waals surface area contributed by atoms with Gasteiger partial charge in [-0.2, -0.15) is 4.98 Å². The molecule has 0 amide bonds. The lowest BCUT2D eigenvalue weighted by Gasteiger charge is -2.04. The zero-order valence-electron chi connectivity index (χ0n) is 11.5. The maximum Gasteiger partial charge on any atom is 0.226 e. The second-order valence-corrected chi connectivity index (χ2v) is 5.37. The summed E-state index contributed by atoms with van der Waals surface area (Å²) >= 11 is 0. The molecule has 1 aromatic carbocycles. The van der Waals surface area contributed by atoms with E-state index in [9.17, 15) is 4.39 Å². The largest absolute Gasteiger partial charge is 0.339 e. The van der Waals surface area contributed by atoms with E-state index in [0.717, 1.165) is 37.1 Å². The molecule has 4 nitrogen and oxygen atoms in total. The van der Waals surface area contributed by atoms with Gasteiger partial charge >= 0.3 is 0 Å². The third-order valence-electron chi connectivity index (χ3n) is 3.83. The number of aryl methyl sites for hydroxylation is 2. The van der Waals surface area contributed by atoms with Gasteiger partial charge in [0.2, 0.25) is 11.7 Å². The van der Waals surface area contributed by atoms with E-state index in [1.54, 1.807) is 6.07 Å². The Hall–Kier alpha value is -1.75. The van der Waals surface area contributed by atoms with Crippen molar-refractivity contribution in [1.29, 1.82) is 0 Å². The summed E-state index contributed by atoms with van der Waals surface area (Å²) in [6.45, 7) is 4.03. The molecule has 0 bridgehead atoms. The molecule has 2 heterocycles. The Labute approximate surface area is 117 Å². The fourth-order valence-corrected chi connectivity index (χ4v) is 2.63. The van der Waals surface area contributed by atoms with Crippen LogP contribution in [0.1, 0.15) is 24.3 Å². The molecule has 0 spiro atoms. The maximum absolute atomic E-state index is 13.1. The molecule has 5 heteroatoms. The van der Waals surface area contributed by atoms with Gasteiger partial charge in [-0.05, 0) is 62.5 Å². The molecule has 0 radical (unpaired) electrons. The molecule has 0 saturated carbocycles. The number of rotatable bonds is 4. The first-order chi connectivity index (χ1) is 9.72. The van der Waals surface area contributed by atoms with Crippen LogP contribution < -0.4 is 5.32 Å². The number of hydrogen-bond donors (Lipinski definition) is 1. The predicted octanol–water partition coefficient (Wildman–Crippen LogP) is 2.73. The first-order valence-corrected chi connectivity index (χ1v) is 7.02. The minimum absolute atomic E-state index is 0.247. The molecule has 1 saturated heterocycles. The van der Waals surface area contributed by atoms with Crippen LogP contribution in [0.25, 0.3) is 11.4 Å². The smallest absolute Gasteiger partial charge is 0.226 e. The van der Waals surface area contributed by atoms with E-state index in [-0.39, 0.29) is 5.82 Å². The van der Waals surface area contributed by atoms with Crippen LogP contribution in [-0.4, -0.2) is 23.2 Å². The van der Waals surface area contributed by atoms with Gasteiger partial charge in [0.05, 0.1) is 0 Å². The highest BCUT2D eigenvalue weighted by molar-refractivity contribution is 5.59. The number of nitrogens with one attached hydrogen (secondary N) is 1. The van der Waals surface area contributed by atoms with Crippen LogP contribution in [0.2, 0.25) is 0 Å². The van der Waals surface area contributed by atoms with E-state index in [1.807, 2.05) is 6.92 Å². The standard InChI is InChI=1S/C15H18FN3O/c1-10-8-12(16)3-4-13(10)15-18-14(20-19-15)5-2-11-6-7-17-9-11/h3-4,8,11,17H,2,5-7,9H2,1H3. The summed E-state index contributed by atoms with van der Waals surface area (Å²) < 4.78 is 18.4. The van der Waals surface area contributed by atoms with Crippen molar-refractivity contribution in [3.8, 4) is 11.4 Å². The summed E-state index contributed by atoms with van der Waals surface area (Å²) in [6, 6.07) is 4.60. The predicted molar refractivity (Wildman–Crippen MR) is 73.7 cm³/mol. The third kappa shape index (κ3) is 2.88. The molecule has 106 valence electrons. The molecule has 1 aliphatic heterocycles. The summed E-state index contributed by atoms with van der Waals surface area (Å²) in [5.41, 5.74) is 1.64. The second-order valence-electron chi connectivity index (χ2n) is 5.37. The molecule has 2 aromatic rings. The van der Waals surface area contributed by atoms with Gasteiger partial charge in [-0.1, -0.05) is 5.16 Å². The van der Waals surface area contributed by atoms with Gasteiger partial charge in [-0.3, -0.25) is 0 Å². The number of nitrogens with zero attached hydrogens (tertiary/aromatic N) is 2. The Bertz CT molecular complexity index is 591. The zero-order chi connectivity index (χ0) is 13.9. The van der Waals surface area contributed by atoms with Crippen LogP contribution in [0.5, 0.6) is 0 Å². The monoisotopic (exact) mass is 275 g/mol. The molecule has 3 rings (SSSR count). The SMILES string of the molecule is Cc1cc(F)ccc1-c1noc(CCC2CCNC2)n1.